The summed E-state index contributed by atoms with van der Waals surface area (Å²) in [5.41, 5.74) is 1.75. The molecule has 1 heterocycles. The molecule has 2 aromatic rings. The van der Waals surface area contributed by atoms with E-state index in [9.17, 15) is 0 Å². The van der Waals surface area contributed by atoms with Crippen LogP contribution in [0.25, 0.3) is 0 Å². The first kappa shape index (κ1) is 15.1. The fraction of sp³-hybridized carbons (Fsp3) is 0.267. The molecule has 1 N–H and O–H groups in total. The molecule has 1 aromatic heterocycles. The van der Waals surface area contributed by atoms with Crippen LogP contribution in [0.5, 0.6) is 5.75 Å². The Morgan fingerprint density at radius 1 is 1.20 bits per heavy atom. The first-order valence-corrected chi connectivity index (χ1v) is 7.02. The summed E-state index contributed by atoms with van der Waals surface area (Å²) in [6.45, 7) is 0. The molecule has 0 aliphatic carbocycles. The van der Waals surface area contributed by atoms with E-state index in [0.29, 0.717) is 16.5 Å². The highest BCUT2D eigenvalue weighted by Gasteiger charge is 2.19. The topological polar surface area (TPSA) is 34.2 Å². The van der Waals surface area contributed by atoms with Crippen LogP contribution in [0.3, 0.4) is 0 Å². The molecule has 20 heavy (non-hydrogen) atoms. The summed E-state index contributed by atoms with van der Waals surface area (Å²) in [7, 11) is 3.51. The SMILES string of the molecule is CNC(Cc1c(Cl)cccc1Cl)c1ncccc1OC. The van der Waals surface area contributed by atoms with Gasteiger partial charge >= 0.3 is 0 Å². The Kier molecular flexibility index (Phi) is 5.24. The Balaban J connectivity index is 2.34. The van der Waals surface area contributed by atoms with Gasteiger partial charge in [-0.05, 0) is 43.3 Å². The number of methoxy groups -OCH3 is 1. The number of halogens is 2. The van der Waals surface area contributed by atoms with Crippen molar-refractivity contribution in [3.8, 4) is 5.75 Å². The number of hydrogen-bond donors (Lipinski definition) is 1. The van der Waals surface area contributed by atoms with Crippen molar-refractivity contribution in [2.75, 3.05) is 14.2 Å². The summed E-state index contributed by atoms with van der Waals surface area (Å²) in [4.78, 5) is 4.40. The van der Waals surface area contributed by atoms with Crippen LogP contribution >= 0.6 is 23.2 Å². The molecule has 1 unspecified atom stereocenters. The minimum Gasteiger partial charge on any atom is -0.495 e. The van der Waals surface area contributed by atoms with E-state index in [-0.39, 0.29) is 6.04 Å². The van der Waals surface area contributed by atoms with Gasteiger partial charge in [0.2, 0.25) is 0 Å². The molecule has 0 bridgehead atoms. The lowest BCUT2D eigenvalue weighted by atomic mass is 10.0. The van der Waals surface area contributed by atoms with Gasteiger partial charge in [-0.3, -0.25) is 4.98 Å². The largest absolute Gasteiger partial charge is 0.495 e. The standard InChI is InChI=1S/C15H16Cl2N2O/c1-18-13(15-14(20-2)7-4-8-19-15)9-10-11(16)5-3-6-12(10)17/h3-8,13,18H,9H2,1-2H3. The minimum absolute atomic E-state index is 0.0245. The molecule has 0 fully saturated rings. The van der Waals surface area contributed by atoms with Crippen LogP contribution in [-0.2, 0) is 6.42 Å². The summed E-state index contributed by atoms with van der Waals surface area (Å²) in [6, 6.07) is 9.22. The van der Waals surface area contributed by atoms with Gasteiger partial charge in [0.25, 0.3) is 0 Å². The van der Waals surface area contributed by atoms with Gasteiger partial charge < -0.3 is 10.1 Å². The summed E-state index contributed by atoms with van der Waals surface area (Å²) in [6.07, 6.45) is 2.39. The van der Waals surface area contributed by atoms with Crippen molar-refractivity contribution in [3.05, 3.63) is 57.8 Å². The summed E-state index contributed by atoms with van der Waals surface area (Å²) in [5.74, 6) is 0.745. The first-order valence-electron chi connectivity index (χ1n) is 6.26. The van der Waals surface area contributed by atoms with Gasteiger partial charge in [-0.15, -0.1) is 0 Å². The van der Waals surface area contributed by atoms with Crippen LogP contribution < -0.4 is 10.1 Å². The van der Waals surface area contributed by atoms with E-state index in [4.69, 9.17) is 27.9 Å². The van der Waals surface area contributed by atoms with Crippen LogP contribution in [0.2, 0.25) is 10.0 Å². The van der Waals surface area contributed by atoms with Crippen molar-refractivity contribution in [2.24, 2.45) is 0 Å². The van der Waals surface area contributed by atoms with Crippen molar-refractivity contribution in [1.82, 2.24) is 10.3 Å². The van der Waals surface area contributed by atoms with Crippen molar-refractivity contribution in [2.45, 2.75) is 12.5 Å². The predicted octanol–water partition coefficient (Wildman–Crippen LogP) is 3.90. The molecule has 5 heteroatoms. The Morgan fingerprint density at radius 2 is 1.90 bits per heavy atom. The van der Waals surface area contributed by atoms with Gasteiger partial charge in [-0.25, -0.2) is 0 Å². The third-order valence-corrected chi connectivity index (χ3v) is 3.88. The van der Waals surface area contributed by atoms with Crippen molar-refractivity contribution < 1.29 is 4.74 Å². The molecular formula is C15H16Cl2N2O. The maximum absolute atomic E-state index is 6.23. The number of aromatic nitrogens is 1. The highest BCUT2D eigenvalue weighted by atomic mass is 35.5. The molecule has 0 saturated heterocycles. The second-order valence-corrected chi connectivity index (χ2v) is 5.15. The number of benzene rings is 1. The van der Waals surface area contributed by atoms with E-state index in [1.54, 1.807) is 13.3 Å². The lowest BCUT2D eigenvalue weighted by Gasteiger charge is -2.19. The Bertz CT molecular complexity index is 570. The van der Waals surface area contributed by atoms with Gasteiger partial charge in [0.05, 0.1) is 18.8 Å². The van der Waals surface area contributed by atoms with Crippen molar-refractivity contribution in [3.63, 3.8) is 0 Å². The summed E-state index contributed by atoms with van der Waals surface area (Å²) < 4.78 is 5.36. The number of nitrogens with one attached hydrogen (secondary N) is 1. The lowest BCUT2D eigenvalue weighted by Crippen LogP contribution is -2.21. The second kappa shape index (κ2) is 6.93. The molecule has 0 aliphatic heterocycles. The Labute approximate surface area is 128 Å². The van der Waals surface area contributed by atoms with Crippen molar-refractivity contribution >= 4 is 23.2 Å². The average Bonchev–Trinajstić information content (AvgIpc) is 2.47. The molecule has 3 nitrogen and oxygen atoms in total. The van der Waals surface area contributed by atoms with E-state index in [2.05, 4.69) is 10.3 Å². The van der Waals surface area contributed by atoms with E-state index in [1.165, 1.54) is 0 Å². The zero-order chi connectivity index (χ0) is 14.5. The molecule has 2 rings (SSSR count). The van der Waals surface area contributed by atoms with Crippen LogP contribution in [0, 0.1) is 0 Å². The van der Waals surface area contributed by atoms with E-state index >= 15 is 0 Å². The number of ether oxygens (including phenoxy) is 1. The minimum atomic E-state index is -0.0245. The number of rotatable bonds is 5. The molecule has 0 amide bonds. The molecule has 1 atom stereocenters. The van der Waals surface area contributed by atoms with Gasteiger partial charge in [0, 0.05) is 16.2 Å². The zero-order valence-electron chi connectivity index (χ0n) is 11.4. The Morgan fingerprint density at radius 3 is 2.50 bits per heavy atom. The molecule has 0 saturated carbocycles. The van der Waals surface area contributed by atoms with Crippen LogP contribution in [0.4, 0.5) is 0 Å². The van der Waals surface area contributed by atoms with Crippen LogP contribution in [-0.4, -0.2) is 19.1 Å². The molecule has 0 radical (unpaired) electrons. The molecule has 106 valence electrons. The normalized spacial score (nSPS) is 12.2. The average molecular weight is 311 g/mol. The highest BCUT2D eigenvalue weighted by Crippen LogP contribution is 2.31. The highest BCUT2D eigenvalue weighted by molar-refractivity contribution is 6.36. The summed E-state index contributed by atoms with van der Waals surface area (Å²) in [5, 5.41) is 4.56. The van der Waals surface area contributed by atoms with Gasteiger partial charge in [-0.1, -0.05) is 29.3 Å². The third-order valence-electron chi connectivity index (χ3n) is 3.17. The van der Waals surface area contributed by atoms with E-state index in [0.717, 1.165) is 17.0 Å². The molecule has 0 aliphatic rings. The Hall–Kier alpha value is -1.29. The number of hydrogen-bond acceptors (Lipinski definition) is 3. The first-order chi connectivity index (χ1) is 9.67. The van der Waals surface area contributed by atoms with Gasteiger partial charge in [-0.2, -0.15) is 0 Å². The van der Waals surface area contributed by atoms with Crippen molar-refractivity contribution in [1.29, 1.82) is 0 Å². The zero-order valence-corrected chi connectivity index (χ0v) is 12.9. The maximum atomic E-state index is 6.23. The molecule has 1 aromatic carbocycles. The number of nitrogens with zero attached hydrogens (tertiary/aromatic N) is 1. The van der Waals surface area contributed by atoms with E-state index < -0.39 is 0 Å². The second-order valence-electron chi connectivity index (χ2n) is 4.34. The molecule has 0 spiro atoms. The number of pyridine rings is 1. The number of likely N-dealkylation sites (N-methyl/N-ethyl adjacent to an activating group) is 1. The quantitative estimate of drug-likeness (QED) is 0.909. The van der Waals surface area contributed by atoms with Crippen LogP contribution in [0.15, 0.2) is 36.5 Å². The van der Waals surface area contributed by atoms with Gasteiger partial charge in [0.15, 0.2) is 0 Å². The van der Waals surface area contributed by atoms with Gasteiger partial charge in [0.1, 0.15) is 5.75 Å². The monoisotopic (exact) mass is 310 g/mol. The fourth-order valence-corrected chi connectivity index (χ4v) is 2.66. The van der Waals surface area contributed by atoms with Crippen LogP contribution in [0.1, 0.15) is 17.3 Å². The maximum Gasteiger partial charge on any atom is 0.141 e. The fourth-order valence-electron chi connectivity index (χ4n) is 2.10. The smallest absolute Gasteiger partial charge is 0.141 e. The van der Waals surface area contributed by atoms with E-state index in [1.807, 2.05) is 37.4 Å². The molecular weight excluding hydrogens is 295 g/mol. The predicted molar refractivity (Wildman–Crippen MR) is 82.8 cm³/mol. The lowest BCUT2D eigenvalue weighted by molar-refractivity contribution is 0.396. The third kappa shape index (κ3) is 3.23. The summed E-state index contributed by atoms with van der Waals surface area (Å²) >= 11 is 12.5.